The third-order valence-corrected chi connectivity index (χ3v) is 2.73. The predicted molar refractivity (Wildman–Crippen MR) is 59.3 cm³/mol. The highest BCUT2D eigenvalue weighted by Crippen LogP contribution is 2.18. The summed E-state index contributed by atoms with van der Waals surface area (Å²) in [7, 11) is 0. The minimum atomic E-state index is -0.283. The van der Waals surface area contributed by atoms with E-state index in [1.807, 2.05) is 6.92 Å². The molecule has 1 heterocycles. The molecule has 16 heavy (non-hydrogen) atoms. The zero-order chi connectivity index (χ0) is 11.8. The molecule has 0 aromatic heterocycles. The summed E-state index contributed by atoms with van der Waals surface area (Å²) in [6, 6.07) is 6.00. The molecule has 0 aliphatic carbocycles. The van der Waals surface area contributed by atoms with Crippen molar-refractivity contribution in [2.24, 2.45) is 5.73 Å². The Morgan fingerprint density at radius 2 is 2.00 bits per heavy atom. The van der Waals surface area contributed by atoms with Gasteiger partial charge in [0.25, 0.3) is 0 Å². The van der Waals surface area contributed by atoms with E-state index >= 15 is 0 Å². The predicted octanol–water partition coefficient (Wildman–Crippen LogP) is 0.928. The molecule has 1 amide bonds. The van der Waals surface area contributed by atoms with Crippen molar-refractivity contribution >= 4 is 5.91 Å². The maximum Gasteiger partial charge on any atom is 0.227 e. The lowest BCUT2D eigenvalue weighted by Crippen LogP contribution is -2.67. The van der Waals surface area contributed by atoms with Crippen LogP contribution in [0.25, 0.3) is 0 Å². The Kier molecular flexibility index (Phi) is 2.68. The highest BCUT2D eigenvalue weighted by atomic mass is 19.1. The van der Waals surface area contributed by atoms with Crippen LogP contribution in [0.3, 0.4) is 0 Å². The van der Waals surface area contributed by atoms with Gasteiger partial charge in [0.1, 0.15) is 5.82 Å². The Bertz CT molecular complexity index is 392. The van der Waals surface area contributed by atoms with E-state index in [0.29, 0.717) is 19.5 Å². The molecule has 0 bridgehead atoms. The van der Waals surface area contributed by atoms with E-state index in [9.17, 15) is 9.18 Å². The lowest BCUT2D eigenvalue weighted by atomic mass is 9.93. The van der Waals surface area contributed by atoms with Gasteiger partial charge in [0.15, 0.2) is 0 Å². The Balaban J connectivity index is 1.91. The molecule has 1 aliphatic heterocycles. The van der Waals surface area contributed by atoms with E-state index in [2.05, 4.69) is 0 Å². The van der Waals surface area contributed by atoms with E-state index in [-0.39, 0.29) is 17.3 Å². The van der Waals surface area contributed by atoms with Crippen LogP contribution < -0.4 is 5.73 Å². The number of carbonyl (C=O) groups excluding carboxylic acids is 1. The van der Waals surface area contributed by atoms with Crippen molar-refractivity contribution in [1.29, 1.82) is 0 Å². The third kappa shape index (κ3) is 2.39. The largest absolute Gasteiger partial charge is 0.339 e. The molecule has 0 unspecified atom stereocenters. The van der Waals surface area contributed by atoms with Crippen LogP contribution in [0.15, 0.2) is 24.3 Å². The highest BCUT2D eigenvalue weighted by molar-refractivity contribution is 5.79. The summed E-state index contributed by atoms with van der Waals surface area (Å²) in [6.07, 6.45) is 0.316. The van der Waals surface area contributed by atoms with Gasteiger partial charge in [-0.2, -0.15) is 0 Å². The minimum Gasteiger partial charge on any atom is -0.339 e. The first-order valence-electron chi connectivity index (χ1n) is 5.27. The van der Waals surface area contributed by atoms with Crippen molar-refractivity contribution in [3.63, 3.8) is 0 Å². The first-order valence-corrected chi connectivity index (χ1v) is 5.27. The summed E-state index contributed by atoms with van der Waals surface area (Å²) in [4.78, 5) is 13.5. The monoisotopic (exact) mass is 222 g/mol. The van der Waals surface area contributed by atoms with Crippen LogP contribution in [-0.4, -0.2) is 29.4 Å². The number of benzene rings is 1. The van der Waals surface area contributed by atoms with E-state index in [4.69, 9.17) is 5.73 Å². The fourth-order valence-corrected chi connectivity index (χ4v) is 1.89. The molecule has 0 atom stereocenters. The van der Waals surface area contributed by atoms with Crippen molar-refractivity contribution in [2.45, 2.75) is 18.9 Å². The maximum absolute atomic E-state index is 12.6. The lowest BCUT2D eigenvalue weighted by Gasteiger charge is -2.45. The van der Waals surface area contributed by atoms with Gasteiger partial charge in [0.05, 0.1) is 6.42 Å². The number of hydrogen-bond donors (Lipinski definition) is 1. The topological polar surface area (TPSA) is 46.3 Å². The average molecular weight is 222 g/mol. The van der Waals surface area contributed by atoms with Crippen molar-refractivity contribution in [2.75, 3.05) is 13.1 Å². The average Bonchev–Trinajstić information content (AvgIpc) is 2.18. The number of likely N-dealkylation sites (tertiary alicyclic amines) is 1. The van der Waals surface area contributed by atoms with E-state index in [1.165, 1.54) is 12.1 Å². The van der Waals surface area contributed by atoms with Crippen LogP contribution in [0.5, 0.6) is 0 Å². The van der Waals surface area contributed by atoms with Gasteiger partial charge in [-0.05, 0) is 24.6 Å². The molecule has 3 nitrogen and oxygen atoms in total. The van der Waals surface area contributed by atoms with E-state index < -0.39 is 0 Å². The number of rotatable bonds is 2. The van der Waals surface area contributed by atoms with Gasteiger partial charge in [0, 0.05) is 18.6 Å². The number of hydrogen-bond acceptors (Lipinski definition) is 2. The van der Waals surface area contributed by atoms with Crippen molar-refractivity contribution in [1.82, 2.24) is 4.90 Å². The number of nitrogens with two attached hydrogens (primary N) is 1. The molecule has 4 heteroatoms. The van der Waals surface area contributed by atoms with Crippen LogP contribution in [-0.2, 0) is 11.2 Å². The second-order valence-corrected chi connectivity index (χ2v) is 4.71. The Hall–Kier alpha value is -1.42. The molecule has 86 valence electrons. The highest BCUT2D eigenvalue weighted by Gasteiger charge is 2.37. The fourth-order valence-electron chi connectivity index (χ4n) is 1.89. The third-order valence-electron chi connectivity index (χ3n) is 2.73. The quantitative estimate of drug-likeness (QED) is 0.809. The molecule has 1 aromatic rings. The summed E-state index contributed by atoms with van der Waals surface area (Å²) in [5.41, 5.74) is 6.41. The number of amides is 1. The first-order chi connectivity index (χ1) is 7.46. The maximum atomic E-state index is 12.6. The molecule has 1 saturated heterocycles. The van der Waals surface area contributed by atoms with E-state index in [0.717, 1.165) is 5.56 Å². The summed E-state index contributed by atoms with van der Waals surface area (Å²) in [6.45, 7) is 3.13. The summed E-state index contributed by atoms with van der Waals surface area (Å²) in [5.74, 6) is -0.232. The normalized spacial score (nSPS) is 18.1. The van der Waals surface area contributed by atoms with Crippen molar-refractivity contribution < 1.29 is 9.18 Å². The Labute approximate surface area is 94.0 Å². The Morgan fingerprint density at radius 3 is 2.50 bits per heavy atom. The van der Waals surface area contributed by atoms with E-state index in [1.54, 1.807) is 17.0 Å². The molecule has 0 spiro atoms. The molecule has 0 radical (unpaired) electrons. The number of halogens is 1. The second kappa shape index (κ2) is 3.87. The molecule has 0 saturated carbocycles. The van der Waals surface area contributed by atoms with Crippen LogP contribution in [0.2, 0.25) is 0 Å². The summed E-state index contributed by atoms with van der Waals surface area (Å²) in [5, 5.41) is 0. The fraction of sp³-hybridized carbons (Fsp3) is 0.417. The van der Waals surface area contributed by atoms with Crippen molar-refractivity contribution in [3.8, 4) is 0 Å². The molecule has 1 aromatic carbocycles. The van der Waals surface area contributed by atoms with Gasteiger partial charge in [-0.25, -0.2) is 4.39 Å². The smallest absolute Gasteiger partial charge is 0.227 e. The summed E-state index contributed by atoms with van der Waals surface area (Å²) < 4.78 is 12.6. The first kappa shape index (κ1) is 11.1. The number of carbonyl (C=O) groups is 1. The molecular weight excluding hydrogens is 207 g/mol. The van der Waals surface area contributed by atoms with Gasteiger partial charge in [-0.3, -0.25) is 4.79 Å². The van der Waals surface area contributed by atoms with Gasteiger partial charge >= 0.3 is 0 Å². The van der Waals surface area contributed by atoms with Crippen molar-refractivity contribution in [3.05, 3.63) is 35.6 Å². The zero-order valence-corrected chi connectivity index (χ0v) is 9.24. The standard InChI is InChI=1S/C12H15FN2O/c1-12(14)7-15(8-12)11(16)6-9-2-4-10(13)5-3-9/h2-5H,6-8,14H2,1H3. The van der Waals surface area contributed by atoms with Gasteiger partial charge in [-0.1, -0.05) is 12.1 Å². The minimum absolute atomic E-state index is 0.0505. The lowest BCUT2D eigenvalue weighted by molar-refractivity contribution is -0.137. The Morgan fingerprint density at radius 1 is 1.44 bits per heavy atom. The molecule has 2 rings (SSSR count). The zero-order valence-electron chi connectivity index (χ0n) is 9.24. The molecule has 2 N–H and O–H groups in total. The molecule has 1 aliphatic rings. The van der Waals surface area contributed by atoms with Gasteiger partial charge in [0.2, 0.25) is 5.91 Å². The SMILES string of the molecule is CC1(N)CN(C(=O)Cc2ccc(F)cc2)C1. The molecular formula is C12H15FN2O. The van der Waals surface area contributed by atoms with Gasteiger partial charge in [-0.15, -0.1) is 0 Å². The van der Waals surface area contributed by atoms with Crippen LogP contribution in [0, 0.1) is 5.82 Å². The van der Waals surface area contributed by atoms with Crippen LogP contribution in [0.4, 0.5) is 4.39 Å². The van der Waals surface area contributed by atoms with Crippen LogP contribution in [0.1, 0.15) is 12.5 Å². The summed E-state index contributed by atoms with van der Waals surface area (Å²) >= 11 is 0. The number of nitrogens with zero attached hydrogens (tertiary/aromatic N) is 1. The molecule has 1 fully saturated rings. The van der Waals surface area contributed by atoms with Gasteiger partial charge < -0.3 is 10.6 Å². The van der Waals surface area contributed by atoms with Crippen LogP contribution >= 0.6 is 0 Å². The second-order valence-electron chi connectivity index (χ2n) is 4.71.